The molecule has 3 aromatic rings. The molecule has 2 unspecified atom stereocenters. The molecule has 0 radical (unpaired) electrons. The van der Waals surface area contributed by atoms with Crippen LogP contribution in [0.4, 0.5) is 8.78 Å². The van der Waals surface area contributed by atoms with E-state index >= 15 is 0 Å². The fourth-order valence-electron chi connectivity index (χ4n) is 7.69. The Morgan fingerprint density at radius 3 is 2.35 bits per heavy atom. The summed E-state index contributed by atoms with van der Waals surface area (Å²) in [7, 11) is -3.72. The second-order valence-electron chi connectivity index (χ2n) is 12.1. The van der Waals surface area contributed by atoms with Crippen LogP contribution in [0.1, 0.15) is 43.4 Å². The van der Waals surface area contributed by atoms with Crippen LogP contribution in [0.25, 0.3) is 11.8 Å². The third kappa shape index (κ3) is 4.52. The molecule has 1 saturated carbocycles. The summed E-state index contributed by atoms with van der Waals surface area (Å²) in [5.74, 6) is 0.0245. The second-order valence-corrected chi connectivity index (χ2v) is 14.0. The van der Waals surface area contributed by atoms with Crippen LogP contribution >= 0.6 is 0 Å². The highest BCUT2D eigenvalue weighted by Crippen LogP contribution is 2.54. The first kappa shape index (κ1) is 26.0. The van der Waals surface area contributed by atoms with Gasteiger partial charge in [-0.1, -0.05) is 5.57 Å². The maximum absolute atomic E-state index is 13.7. The zero-order chi connectivity index (χ0) is 27.5. The van der Waals surface area contributed by atoms with Gasteiger partial charge in [0.25, 0.3) is 0 Å². The van der Waals surface area contributed by atoms with Gasteiger partial charge in [0.1, 0.15) is 11.6 Å². The van der Waals surface area contributed by atoms with E-state index in [-0.39, 0.29) is 16.1 Å². The molecule has 3 atom stereocenters. The van der Waals surface area contributed by atoms with Crippen molar-refractivity contribution in [3.8, 4) is 5.69 Å². The molecule has 0 bridgehead atoms. The number of allylic oxidation sites excluding steroid dienone is 1. The lowest BCUT2D eigenvalue weighted by Gasteiger charge is -2.55. The Morgan fingerprint density at radius 2 is 1.62 bits per heavy atom. The van der Waals surface area contributed by atoms with Crippen molar-refractivity contribution in [1.82, 2.24) is 19.0 Å². The van der Waals surface area contributed by atoms with Gasteiger partial charge in [-0.25, -0.2) is 21.9 Å². The highest BCUT2D eigenvalue weighted by atomic mass is 32.2. The number of fused-ring (bicyclic) bond motifs is 3. The summed E-state index contributed by atoms with van der Waals surface area (Å²) in [5.41, 5.74) is 4.38. The number of sulfonamides is 1. The largest absolute Gasteiger partial charge is 0.303 e. The molecule has 2 aromatic carbocycles. The summed E-state index contributed by atoms with van der Waals surface area (Å²) in [6.45, 7) is 4.03. The molecule has 0 amide bonds. The molecule has 40 heavy (non-hydrogen) atoms. The van der Waals surface area contributed by atoms with Gasteiger partial charge in [0.05, 0.1) is 22.5 Å². The summed E-state index contributed by atoms with van der Waals surface area (Å²) in [6.07, 6.45) is 10.2. The summed E-state index contributed by atoms with van der Waals surface area (Å²) in [5, 5.41) is 4.66. The monoisotopic (exact) mass is 564 g/mol. The molecule has 9 heteroatoms. The van der Waals surface area contributed by atoms with Crippen LogP contribution in [0.15, 0.2) is 65.2 Å². The zero-order valence-electron chi connectivity index (χ0n) is 22.5. The molecule has 2 aliphatic heterocycles. The van der Waals surface area contributed by atoms with E-state index in [1.807, 2.05) is 10.9 Å². The predicted molar refractivity (Wildman–Crippen MR) is 149 cm³/mol. The molecule has 6 nitrogen and oxygen atoms in total. The summed E-state index contributed by atoms with van der Waals surface area (Å²) in [6, 6.07) is 11.7. The highest BCUT2D eigenvalue weighted by Gasteiger charge is 2.52. The van der Waals surface area contributed by atoms with Crippen LogP contribution in [-0.2, 0) is 16.4 Å². The van der Waals surface area contributed by atoms with Gasteiger partial charge in [-0.2, -0.15) is 9.40 Å². The topological polar surface area (TPSA) is 58.4 Å². The van der Waals surface area contributed by atoms with Crippen LogP contribution in [-0.4, -0.2) is 60.1 Å². The number of hydrogen-bond acceptors (Lipinski definition) is 4. The number of halogens is 2. The fraction of sp³-hybridized carbons (Fsp3) is 0.452. The molecule has 2 saturated heterocycles. The number of piperidine rings is 1. The molecule has 7 rings (SSSR count). The number of aromatic nitrogens is 2. The van der Waals surface area contributed by atoms with Gasteiger partial charge in [0, 0.05) is 25.0 Å². The Labute approximate surface area is 234 Å². The summed E-state index contributed by atoms with van der Waals surface area (Å²) >= 11 is 0. The van der Waals surface area contributed by atoms with Crippen molar-refractivity contribution in [2.45, 2.75) is 43.4 Å². The minimum atomic E-state index is -3.72. The Morgan fingerprint density at radius 1 is 0.925 bits per heavy atom. The lowest BCUT2D eigenvalue weighted by molar-refractivity contribution is -0.00339. The van der Waals surface area contributed by atoms with Gasteiger partial charge in [0.2, 0.25) is 10.0 Å². The third-order valence-electron chi connectivity index (χ3n) is 9.68. The van der Waals surface area contributed by atoms with Crippen molar-refractivity contribution in [3.05, 3.63) is 83.2 Å². The molecule has 0 N–H and O–H groups in total. The Hall–Kier alpha value is -2.88. The maximum atomic E-state index is 13.7. The molecule has 3 fully saturated rings. The summed E-state index contributed by atoms with van der Waals surface area (Å²) < 4.78 is 58.1. The normalized spacial score (nSPS) is 27.1. The van der Waals surface area contributed by atoms with E-state index in [1.54, 1.807) is 16.4 Å². The van der Waals surface area contributed by atoms with Crippen LogP contribution in [0.5, 0.6) is 0 Å². The van der Waals surface area contributed by atoms with Crippen LogP contribution < -0.4 is 0 Å². The average molecular weight is 565 g/mol. The highest BCUT2D eigenvalue weighted by molar-refractivity contribution is 7.89. The number of rotatable bonds is 5. The molecule has 3 heterocycles. The Bertz CT molecular complexity index is 1540. The van der Waals surface area contributed by atoms with Crippen molar-refractivity contribution >= 4 is 16.1 Å². The first-order valence-electron chi connectivity index (χ1n) is 14.3. The quantitative estimate of drug-likeness (QED) is 0.423. The zero-order valence-corrected chi connectivity index (χ0v) is 23.3. The number of nitrogens with zero attached hydrogens (tertiary/aromatic N) is 4. The average Bonchev–Trinajstić information content (AvgIpc) is 3.60. The Kier molecular flexibility index (Phi) is 6.44. The molecule has 2 aliphatic carbocycles. The van der Waals surface area contributed by atoms with E-state index in [1.165, 1.54) is 60.4 Å². The SMILES string of the molecule is O=S(=O)(c1ccc(F)cc1)N1CCC2CC3=Cc4c(cnn4-c4ccc(F)cc4)CC3C[C@]2(CN2CCCC2)C1. The van der Waals surface area contributed by atoms with Gasteiger partial charge in [-0.3, -0.25) is 0 Å². The van der Waals surface area contributed by atoms with Gasteiger partial charge < -0.3 is 4.90 Å². The number of benzene rings is 2. The van der Waals surface area contributed by atoms with Crippen molar-refractivity contribution in [2.75, 3.05) is 32.7 Å². The van der Waals surface area contributed by atoms with Crippen molar-refractivity contribution in [2.24, 2.45) is 17.3 Å². The van der Waals surface area contributed by atoms with Crippen molar-refractivity contribution in [3.63, 3.8) is 0 Å². The van der Waals surface area contributed by atoms with E-state index in [9.17, 15) is 17.2 Å². The lowest BCUT2D eigenvalue weighted by Crippen LogP contribution is -2.57. The van der Waals surface area contributed by atoms with Crippen LogP contribution in [0.3, 0.4) is 0 Å². The van der Waals surface area contributed by atoms with Crippen LogP contribution in [0, 0.1) is 28.9 Å². The lowest BCUT2D eigenvalue weighted by atomic mass is 9.57. The third-order valence-corrected chi connectivity index (χ3v) is 11.5. The second kappa shape index (κ2) is 9.89. The summed E-state index contributed by atoms with van der Waals surface area (Å²) in [4.78, 5) is 2.70. The van der Waals surface area contributed by atoms with E-state index in [4.69, 9.17) is 0 Å². The minimum Gasteiger partial charge on any atom is -0.303 e. The van der Waals surface area contributed by atoms with Crippen LogP contribution in [0.2, 0.25) is 0 Å². The van der Waals surface area contributed by atoms with Gasteiger partial charge in [-0.15, -0.1) is 0 Å². The molecule has 0 spiro atoms. The first-order valence-corrected chi connectivity index (χ1v) is 15.8. The predicted octanol–water partition coefficient (Wildman–Crippen LogP) is 5.29. The van der Waals surface area contributed by atoms with E-state index in [0.717, 1.165) is 56.7 Å². The minimum absolute atomic E-state index is 0.137. The van der Waals surface area contributed by atoms with Crippen molar-refractivity contribution in [1.29, 1.82) is 0 Å². The maximum Gasteiger partial charge on any atom is 0.243 e. The molecular formula is C31H34F2N4O2S. The molecular weight excluding hydrogens is 530 g/mol. The standard InChI is InChI=1S/C31H34F2N4O2S/c32-26-3-7-28(8-4-26)37-30-17-22-16-25-11-14-36(40(38,39)29-9-5-27(33)6-10-29)21-31(25,20-35-12-1-2-13-35)18-23(22)15-24(30)19-34-37/h3-10,17,19,23,25H,1-2,11-16,18,20-21H2/t23?,25?,31-/m0/s1. The molecule has 4 aliphatic rings. The van der Waals surface area contributed by atoms with E-state index in [2.05, 4.69) is 16.1 Å². The van der Waals surface area contributed by atoms with Gasteiger partial charge >= 0.3 is 0 Å². The van der Waals surface area contributed by atoms with Gasteiger partial charge in [-0.05, 0) is 124 Å². The van der Waals surface area contributed by atoms with E-state index in [0.29, 0.717) is 24.9 Å². The molecule has 1 aromatic heterocycles. The smallest absolute Gasteiger partial charge is 0.243 e. The van der Waals surface area contributed by atoms with E-state index < -0.39 is 15.8 Å². The molecule has 210 valence electrons. The van der Waals surface area contributed by atoms with Gasteiger partial charge in [0.15, 0.2) is 0 Å². The first-order chi connectivity index (χ1) is 19.3. The fourth-order valence-corrected chi connectivity index (χ4v) is 9.24. The number of likely N-dealkylation sites (tertiary alicyclic amines) is 1. The Balaban J connectivity index is 1.20. The number of hydrogen-bond donors (Lipinski definition) is 0. The van der Waals surface area contributed by atoms with Crippen molar-refractivity contribution < 1.29 is 17.2 Å².